The molecule has 188 valence electrons. The number of nitrogens with one attached hydrogen (secondary N) is 2. The van der Waals surface area contributed by atoms with Crippen molar-refractivity contribution in [1.29, 1.82) is 0 Å². The van der Waals surface area contributed by atoms with Crippen molar-refractivity contribution in [1.82, 2.24) is 5.32 Å². The molecule has 3 N–H and O–H groups in total. The van der Waals surface area contributed by atoms with Gasteiger partial charge in [0.25, 0.3) is 0 Å². The van der Waals surface area contributed by atoms with Gasteiger partial charge in [-0.1, -0.05) is 110 Å². The molecule has 0 aliphatic carbocycles. The zero-order chi connectivity index (χ0) is 24.0. The van der Waals surface area contributed by atoms with Crippen LogP contribution in [-0.2, 0) is 9.59 Å². The summed E-state index contributed by atoms with van der Waals surface area (Å²) in [6.45, 7) is 2.24. The highest BCUT2D eigenvalue weighted by Crippen LogP contribution is 2.15. The predicted molar refractivity (Wildman–Crippen MR) is 139 cm³/mol. The quantitative estimate of drug-likeness (QED) is 0.131. The van der Waals surface area contributed by atoms with Crippen molar-refractivity contribution in [3.8, 4) is 5.75 Å². The second-order valence-electron chi connectivity index (χ2n) is 9.28. The molecule has 2 amide bonds. The highest BCUT2D eigenvalue weighted by atomic mass is 16.3. The largest absolute Gasteiger partial charge is 0.508 e. The molecule has 0 fully saturated rings. The van der Waals surface area contributed by atoms with E-state index in [9.17, 15) is 14.7 Å². The number of unbranched alkanes of at least 4 members (excludes halogenated alkanes) is 16. The number of amides is 2. The SMILES string of the molecule is CCCCCCCCCCCCCCCCCCCC(=O)NCC(=O)Nc1ccc(O)cc1. The lowest BCUT2D eigenvalue weighted by Gasteiger charge is -2.07. The maximum Gasteiger partial charge on any atom is 0.243 e. The van der Waals surface area contributed by atoms with E-state index in [1.165, 1.54) is 108 Å². The predicted octanol–water partition coefficient (Wildman–Crippen LogP) is 7.49. The number of aromatic hydroxyl groups is 1. The molecule has 1 aromatic rings. The molecule has 5 nitrogen and oxygen atoms in total. The van der Waals surface area contributed by atoms with E-state index in [-0.39, 0.29) is 24.1 Å². The third-order valence-electron chi connectivity index (χ3n) is 6.10. The number of carbonyl (C=O) groups excluding carboxylic acids is 2. The number of anilines is 1. The second kappa shape index (κ2) is 20.6. The topological polar surface area (TPSA) is 78.4 Å². The van der Waals surface area contributed by atoms with Gasteiger partial charge >= 0.3 is 0 Å². The molecule has 0 radical (unpaired) electrons. The molecule has 0 atom stereocenters. The van der Waals surface area contributed by atoms with Crippen molar-refractivity contribution in [3.05, 3.63) is 24.3 Å². The van der Waals surface area contributed by atoms with Gasteiger partial charge in [0.1, 0.15) is 5.75 Å². The molecule has 5 heteroatoms. The smallest absolute Gasteiger partial charge is 0.243 e. The van der Waals surface area contributed by atoms with Gasteiger partial charge in [0.15, 0.2) is 0 Å². The van der Waals surface area contributed by atoms with Gasteiger partial charge < -0.3 is 15.7 Å². The first-order chi connectivity index (χ1) is 16.1. The first-order valence-corrected chi connectivity index (χ1v) is 13.5. The fourth-order valence-corrected chi connectivity index (χ4v) is 4.03. The molecule has 0 aromatic heterocycles. The minimum Gasteiger partial charge on any atom is -0.508 e. The summed E-state index contributed by atoms with van der Waals surface area (Å²) in [4.78, 5) is 23.7. The molecular weight excluding hydrogens is 412 g/mol. The number of rotatable bonds is 21. The molecule has 33 heavy (non-hydrogen) atoms. The van der Waals surface area contributed by atoms with Crippen LogP contribution in [0.5, 0.6) is 5.75 Å². The van der Waals surface area contributed by atoms with Gasteiger partial charge in [0.2, 0.25) is 11.8 Å². The number of hydrogen-bond donors (Lipinski definition) is 3. The van der Waals surface area contributed by atoms with Gasteiger partial charge in [0.05, 0.1) is 6.54 Å². The maximum atomic E-state index is 11.9. The lowest BCUT2D eigenvalue weighted by molar-refractivity contribution is -0.124. The van der Waals surface area contributed by atoms with Gasteiger partial charge in [-0.3, -0.25) is 9.59 Å². The average molecular weight is 461 g/mol. The van der Waals surface area contributed by atoms with Crippen LogP contribution in [0.4, 0.5) is 5.69 Å². The monoisotopic (exact) mass is 460 g/mol. The second-order valence-corrected chi connectivity index (χ2v) is 9.28. The van der Waals surface area contributed by atoms with E-state index in [0.717, 1.165) is 12.8 Å². The highest BCUT2D eigenvalue weighted by Gasteiger charge is 2.06. The molecule has 1 rings (SSSR count). The summed E-state index contributed by atoms with van der Waals surface area (Å²) in [7, 11) is 0. The van der Waals surface area contributed by atoms with E-state index in [1.54, 1.807) is 12.1 Å². The van der Waals surface area contributed by atoms with E-state index in [1.807, 2.05) is 0 Å². The lowest BCUT2D eigenvalue weighted by Crippen LogP contribution is -2.32. The van der Waals surface area contributed by atoms with E-state index in [2.05, 4.69) is 17.6 Å². The number of hydrogen-bond acceptors (Lipinski definition) is 3. The van der Waals surface area contributed by atoms with Crippen LogP contribution in [0.15, 0.2) is 24.3 Å². The van der Waals surface area contributed by atoms with Crippen LogP contribution in [0.3, 0.4) is 0 Å². The minimum absolute atomic E-state index is 0.0291. The molecule has 0 spiro atoms. The molecule has 0 aliphatic heterocycles. The van der Waals surface area contributed by atoms with Crippen LogP contribution in [0.25, 0.3) is 0 Å². The molecule has 0 aliphatic rings. The minimum atomic E-state index is -0.267. The number of phenolic OH excluding ortho intramolecular Hbond substituents is 1. The Morgan fingerprint density at radius 2 is 1.06 bits per heavy atom. The summed E-state index contributed by atoms with van der Waals surface area (Å²) in [5.41, 5.74) is 0.597. The molecule has 0 unspecified atom stereocenters. The fraction of sp³-hybridized carbons (Fsp3) is 0.714. The summed E-state index contributed by atoms with van der Waals surface area (Å²) < 4.78 is 0. The van der Waals surface area contributed by atoms with Gasteiger partial charge in [-0.25, -0.2) is 0 Å². The Bertz CT molecular complexity index is 616. The van der Waals surface area contributed by atoms with Crippen molar-refractivity contribution in [2.45, 2.75) is 122 Å². The average Bonchev–Trinajstić information content (AvgIpc) is 2.81. The van der Waals surface area contributed by atoms with E-state index < -0.39 is 0 Å². The summed E-state index contributed by atoms with van der Waals surface area (Å²) in [6, 6.07) is 6.25. The normalized spacial score (nSPS) is 10.8. The van der Waals surface area contributed by atoms with Crippen LogP contribution < -0.4 is 10.6 Å². The van der Waals surface area contributed by atoms with Gasteiger partial charge in [0, 0.05) is 12.1 Å². The van der Waals surface area contributed by atoms with Gasteiger partial charge in [-0.15, -0.1) is 0 Å². The van der Waals surface area contributed by atoms with E-state index in [4.69, 9.17) is 0 Å². The number of benzene rings is 1. The third-order valence-corrected chi connectivity index (χ3v) is 6.10. The molecule has 0 saturated carbocycles. The third kappa shape index (κ3) is 18.1. The van der Waals surface area contributed by atoms with Crippen LogP contribution >= 0.6 is 0 Å². The Kier molecular flexibility index (Phi) is 18.1. The Hall–Kier alpha value is -2.04. The van der Waals surface area contributed by atoms with Crippen molar-refractivity contribution in [2.75, 3.05) is 11.9 Å². The first kappa shape index (κ1) is 29.0. The van der Waals surface area contributed by atoms with Crippen LogP contribution in [0.2, 0.25) is 0 Å². The van der Waals surface area contributed by atoms with E-state index >= 15 is 0 Å². The lowest BCUT2D eigenvalue weighted by atomic mass is 10.0. The molecule has 0 bridgehead atoms. The summed E-state index contributed by atoms with van der Waals surface area (Å²) in [5, 5.41) is 14.6. The standard InChI is InChI=1S/C28H48N2O3/c1-2-3-4-5-6-7-8-9-10-11-12-13-14-15-16-17-18-19-27(32)29-24-28(33)30-25-20-22-26(31)23-21-25/h20-23,31H,2-19,24H2,1H3,(H,29,32)(H,30,33). The Morgan fingerprint density at radius 1 is 0.636 bits per heavy atom. The first-order valence-electron chi connectivity index (χ1n) is 13.5. The molecule has 0 heterocycles. The zero-order valence-corrected chi connectivity index (χ0v) is 21.0. The summed E-state index contributed by atoms with van der Waals surface area (Å²) in [5.74, 6) is -0.191. The molecule has 0 saturated heterocycles. The fourth-order valence-electron chi connectivity index (χ4n) is 4.03. The van der Waals surface area contributed by atoms with E-state index in [0.29, 0.717) is 12.1 Å². The van der Waals surface area contributed by atoms with Crippen LogP contribution in [0.1, 0.15) is 122 Å². The van der Waals surface area contributed by atoms with Gasteiger partial charge in [-0.05, 0) is 30.7 Å². The maximum absolute atomic E-state index is 11.9. The zero-order valence-electron chi connectivity index (χ0n) is 21.0. The van der Waals surface area contributed by atoms with Crippen molar-refractivity contribution < 1.29 is 14.7 Å². The highest BCUT2D eigenvalue weighted by molar-refractivity contribution is 5.94. The van der Waals surface area contributed by atoms with Crippen LogP contribution in [-0.4, -0.2) is 23.5 Å². The summed E-state index contributed by atoms with van der Waals surface area (Å²) in [6.07, 6.45) is 22.9. The Labute approximate surface area is 202 Å². The van der Waals surface area contributed by atoms with Gasteiger partial charge in [-0.2, -0.15) is 0 Å². The molecule has 1 aromatic carbocycles. The van der Waals surface area contributed by atoms with Crippen molar-refractivity contribution in [3.63, 3.8) is 0 Å². The Morgan fingerprint density at radius 3 is 1.52 bits per heavy atom. The number of phenols is 1. The van der Waals surface area contributed by atoms with Crippen LogP contribution in [0, 0.1) is 0 Å². The molecular formula is C28H48N2O3. The van der Waals surface area contributed by atoms with Crippen molar-refractivity contribution in [2.24, 2.45) is 0 Å². The van der Waals surface area contributed by atoms with Crippen molar-refractivity contribution >= 4 is 17.5 Å². The summed E-state index contributed by atoms with van der Waals surface area (Å²) >= 11 is 0. The number of carbonyl (C=O) groups is 2. The Balaban J connectivity index is 1.81.